The maximum absolute atomic E-state index is 12.5. The number of alkyl halides is 3. The Bertz CT molecular complexity index is 159. The van der Waals surface area contributed by atoms with Crippen LogP contribution in [0.15, 0.2) is 0 Å². The second kappa shape index (κ2) is 4.33. The highest BCUT2D eigenvalue weighted by Crippen LogP contribution is 2.25. The summed E-state index contributed by atoms with van der Waals surface area (Å²) >= 11 is 0. The average molecular weight is 184 g/mol. The molecule has 5 heteroatoms. The lowest BCUT2D eigenvalue weighted by Crippen LogP contribution is -2.38. The van der Waals surface area contributed by atoms with E-state index >= 15 is 0 Å². The van der Waals surface area contributed by atoms with E-state index in [1.54, 1.807) is 6.92 Å². The Kier molecular flexibility index (Phi) is 4.06. The lowest BCUT2D eigenvalue weighted by Gasteiger charge is -2.15. The first-order valence-electron chi connectivity index (χ1n) is 3.68. The summed E-state index contributed by atoms with van der Waals surface area (Å²) in [5.74, 6) is -6.64. The Morgan fingerprint density at radius 3 is 2.42 bits per heavy atom. The van der Waals surface area contributed by atoms with Crippen molar-refractivity contribution in [1.29, 1.82) is 0 Å². The van der Waals surface area contributed by atoms with Crippen LogP contribution in [0.25, 0.3) is 0 Å². The zero-order chi connectivity index (χ0) is 9.78. The van der Waals surface area contributed by atoms with Crippen molar-refractivity contribution in [2.24, 2.45) is 0 Å². The number of carboxylic acids is 1. The van der Waals surface area contributed by atoms with Gasteiger partial charge in [-0.05, 0) is 6.42 Å². The fourth-order valence-electron chi connectivity index (χ4n) is 0.699. The Morgan fingerprint density at radius 2 is 2.08 bits per heavy atom. The van der Waals surface area contributed by atoms with Gasteiger partial charge in [0.05, 0.1) is 0 Å². The summed E-state index contributed by atoms with van der Waals surface area (Å²) in [7, 11) is 0. The first-order chi connectivity index (χ1) is 5.42. The lowest BCUT2D eigenvalue weighted by molar-refractivity contribution is -0.175. The summed E-state index contributed by atoms with van der Waals surface area (Å²) < 4.78 is 37.1. The molecule has 0 aliphatic heterocycles. The number of carbonyl (C=O) groups is 1. The van der Waals surface area contributed by atoms with E-state index in [4.69, 9.17) is 5.11 Å². The largest absolute Gasteiger partial charge is 0.477 e. The van der Waals surface area contributed by atoms with E-state index in [1.807, 2.05) is 0 Å². The first kappa shape index (κ1) is 11.3. The van der Waals surface area contributed by atoms with E-state index in [0.29, 0.717) is 6.42 Å². The standard InChI is InChI=1S/C7H11F3O2/c1-2-3-4-5(8)7(9,10)6(11)12/h5H,2-4H2,1H3,(H,11,12). The Labute approximate surface area is 68.4 Å². The van der Waals surface area contributed by atoms with Gasteiger partial charge in [0.2, 0.25) is 0 Å². The fourth-order valence-corrected chi connectivity index (χ4v) is 0.699. The normalized spacial score (nSPS) is 14.3. The quantitative estimate of drug-likeness (QED) is 0.711. The molecule has 0 aliphatic rings. The molecule has 0 rings (SSSR count). The lowest BCUT2D eigenvalue weighted by atomic mass is 10.1. The van der Waals surface area contributed by atoms with Crippen LogP contribution in [-0.4, -0.2) is 23.2 Å². The van der Waals surface area contributed by atoms with E-state index in [0.717, 1.165) is 0 Å². The van der Waals surface area contributed by atoms with E-state index in [1.165, 1.54) is 0 Å². The van der Waals surface area contributed by atoms with Crippen LogP contribution >= 0.6 is 0 Å². The molecule has 0 saturated heterocycles. The van der Waals surface area contributed by atoms with Gasteiger partial charge in [0.15, 0.2) is 6.17 Å². The number of rotatable bonds is 5. The van der Waals surface area contributed by atoms with E-state index in [-0.39, 0.29) is 6.42 Å². The summed E-state index contributed by atoms with van der Waals surface area (Å²) in [6.45, 7) is 1.71. The molecule has 1 N–H and O–H groups in total. The second-order valence-corrected chi connectivity index (χ2v) is 2.54. The molecule has 0 aromatic heterocycles. The summed E-state index contributed by atoms with van der Waals surface area (Å²) in [5, 5.41) is 7.92. The third kappa shape index (κ3) is 2.71. The van der Waals surface area contributed by atoms with Crippen molar-refractivity contribution in [2.45, 2.75) is 38.3 Å². The minimum atomic E-state index is -4.24. The van der Waals surface area contributed by atoms with Gasteiger partial charge in [-0.3, -0.25) is 0 Å². The van der Waals surface area contributed by atoms with Crippen molar-refractivity contribution >= 4 is 5.97 Å². The predicted molar refractivity (Wildman–Crippen MR) is 37.0 cm³/mol. The molecule has 0 heterocycles. The van der Waals surface area contributed by atoms with Crippen LogP contribution in [0.2, 0.25) is 0 Å². The summed E-state index contributed by atoms with van der Waals surface area (Å²) in [5.41, 5.74) is 0. The summed E-state index contributed by atoms with van der Waals surface area (Å²) in [6.07, 6.45) is -2.15. The molecule has 2 nitrogen and oxygen atoms in total. The number of halogens is 3. The van der Waals surface area contributed by atoms with Gasteiger partial charge in [0, 0.05) is 0 Å². The SMILES string of the molecule is CCCCC(F)C(F)(F)C(=O)O. The molecule has 0 fully saturated rings. The van der Waals surface area contributed by atoms with Gasteiger partial charge in [-0.1, -0.05) is 19.8 Å². The number of unbranched alkanes of at least 4 members (excludes halogenated alkanes) is 1. The van der Waals surface area contributed by atoms with Crippen molar-refractivity contribution in [3.63, 3.8) is 0 Å². The van der Waals surface area contributed by atoms with Gasteiger partial charge >= 0.3 is 11.9 Å². The van der Waals surface area contributed by atoms with Crippen molar-refractivity contribution in [3.05, 3.63) is 0 Å². The molecule has 12 heavy (non-hydrogen) atoms. The minimum Gasteiger partial charge on any atom is -0.477 e. The topological polar surface area (TPSA) is 37.3 Å². The molecule has 0 spiro atoms. The van der Waals surface area contributed by atoms with Crippen LogP contribution in [0.1, 0.15) is 26.2 Å². The van der Waals surface area contributed by atoms with Gasteiger partial charge in [-0.15, -0.1) is 0 Å². The highest BCUT2D eigenvalue weighted by molar-refractivity contribution is 5.76. The Hall–Kier alpha value is -0.740. The summed E-state index contributed by atoms with van der Waals surface area (Å²) in [4.78, 5) is 9.84. The zero-order valence-electron chi connectivity index (χ0n) is 6.69. The van der Waals surface area contributed by atoms with Gasteiger partial charge < -0.3 is 5.11 Å². The highest BCUT2D eigenvalue weighted by atomic mass is 19.3. The zero-order valence-corrected chi connectivity index (χ0v) is 6.69. The average Bonchev–Trinajstić information content (AvgIpc) is 1.99. The molecule has 0 aromatic carbocycles. The van der Waals surface area contributed by atoms with Crippen LogP contribution in [0.5, 0.6) is 0 Å². The maximum atomic E-state index is 12.5. The van der Waals surface area contributed by atoms with Crippen molar-refractivity contribution in [3.8, 4) is 0 Å². The number of hydrogen-bond acceptors (Lipinski definition) is 1. The molecular formula is C7H11F3O2. The third-order valence-corrected chi connectivity index (χ3v) is 1.49. The molecular weight excluding hydrogens is 173 g/mol. The van der Waals surface area contributed by atoms with Gasteiger partial charge in [0.1, 0.15) is 0 Å². The van der Waals surface area contributed by atoms with Crippen molar-refractivity contribution in [1.82, 2.24) is 0 Å². The molecule has 0 bridgehead atoms. The number of aliphatic carboxylic acids is 1. The smallest absolute Gasteiger partial charge is 0.377 e. The molecule has 0 amide bonds. The van der Waals surface area contributed by atoms with E-state index < -0.39 is 24.5 Å². The van der Waals surface area contributed by atoms with Gasteiger partial charge in [-0.2, -0.15) is 8.78 Å². The minimum absolute atomic E-state index is 0.268. The molecule has 72 valence electrons. The first-order valence-corrected chi connectivity index (χ1v) is 3.68. The van der Waals surface area contributed by atoms with Crippen LogP contribution < -0.4 is 0 Å². The van der Waals surface area contributed by atoms with Crippen LogP contribution in [-0.2, 0) is 4.79 Å². The Morgan fingerprint density at radius 1 is 1.58 bits per heavy atom. The van der Waals surface area contributed by atoms with Gasteiger partial charge in [-0.25, -0.2) is 9.18 Å². The highest BCUT2D eigenvalue weighted by Gasteiger charge is 2.47. The van der Waals surface area contributed by atoms with Crippen LogP contribution in [0, 0.1) is 0 Å². The van der Waals surface area contributed by atoms with E-state index in [9.17, 15) is 18.0 Å². The fraction of sp³-hybridized carbons (Fsp3) is 0.857. The van der Waals surface area contributed by atoms with Crippen molar-refractivity contribution < 1.29 is 23.1 Å². The molecule has 0 aromatic rings. The molecule has 0 radical (unpaired) electrons. The molecule has 0 saturated carbocycles. The van der Waals surface area contributed by atoms with Crippen molar-refractivity contribution in [2.75, 3.05) is 0 Å². The maximum Gasteiger partial charge on any atom is 0.377 e. The van der Waals surface area contributed by atoms with Gasteiger partial charge in [0.25, 0.3) is 0 Å². The monoisotopic (exact) mass is 184 g/mol. The summed E-state index contributed by atoms with van der Waals surface area (Å²) in [6, 6.07) is 0. The number of hydrogen-bond donors (Lipinski definition) is 1. The molecule has 1 unspecified atom stereocenters. The Balaban J connectivity index is 4.06. The number of carboxylic acid groups (broad SMARTS) is 1. The molecule has 0 aliphatic carbocycles. The van der Waals surface area contributed by atoms with Crippen LogP contribution in [0.4, 0.5) is 13.2 Å². The van der Waals surface area contributed by atoms with Crippen LogP contribution in [0.3, 0.4) is 0 Å². The van der Waals surface area contributed by atoms with E-state index in [2.05, 4.69) is 0 Å². The molecule has 1 atom stereocenters. The third-order valence-electron chi connectivity index (χ3n) is 1.49. The second-order valence-electron chi connectivity index (χ2n) is 2.54. The predicted octanol–water partition coefficient (Wildman–Crippen LogP) is 2.23.